The topological polar surface area (TPSA) is 72.9 Å². The van der Waals surface area contributed by atoms with Gasteiger partial charge in [-0.15, -0.1) is 0 Å². The van der Waals surface area contributed by atoms with Crippen LogP contribution in [0.3, 0.4) is 0 Å². The molecule has 27 heavy (non-hydrogen) atoms. The van der Waals surface area contributed by atoms with E-state index >= 15 is 0 Å². The molecule has 1 saturated heterocycles. The van der Waals surface area contributed by atoms with Crippen molar-refractivity contribution in [1.82, 2.24) is 4.31 Å². The van der Waals surface area contributed by atoms with Crippen LogP contribution in [0.15, 0.2) is 29.2 Å². The molecule has 0 N–H and O–H groups in total. The number of benzene rings is 1. The summed E-state index contributed by atoms with van der Waals surface area (Å²) < 4.78 is 38.3. The van der Waals surface area contributed by atoms with E-state index in [1.165, 1.54) is 28.6 Å². The first-order valence-corrected chi connectivity index (χ1v) is 11.3. The van der Waals surface area contributed by atoms with Gasteiger partial charge in [0.1, 0.15) is 6.04 Å². The zero-order valence-electron chi connectivity index (χ0n) is 15.9. The Balaban J connectivity index is 2.16. The molecule has 0 unspecified atom stereocenters. The molecule has 1 aromatic carbocycles. The van der Waals surface area contributed by atoms with Crippen molar-refractivity contribution < 1.29 is 22.7 Å². The molecule has 1 aliphatic rings. The van der Waals surface area contributed by atoms with E-state index in [9.17, 15) is 13.2 Å². The predicted octanol–water partition coefficient (Wildman–Crippen LogP) is 3.63. The average molecular weight is 418 g/mol. The molecule has 0 spiro atoms. The first kappa shape index (κ1) is 22.1. The fraction of sp³-hybridized carbons (Fsp3) is 0.632. The van der Waals surface area contributed by atoms with E-state index in [4.69, 9.17) is 21.1 Å². The van der Waals surface area contributed by atoms with Gasteiger partial charge in [0.2, 0.25) is 10.0 Å². The Morgan fingerprint density at radius 2 is 1.89 bits per heavy atom. The van der Waals surface area contributed by atoms with Crippen LogP contribution in [0.4, 0.5) is 0 Å². The number of ether oxygens (including phenoxy) is 2. The van der Waals surface area contributed by atoms with E-state index in [2.05, 4.69) is 6.92 Å². The Morgan fingerprint density at radius 1 is 1.19 bits per heavy atom. The van der Waals surface area contributed by atoms with Crippen LogP contribution in [-0.2, 0) is 24.3 Å². The minimum Gasteiger partial charge on any atom is -0.465 e. The third-order valence-corrected chi connectivity index (χ3v) is 6.72. The maximum atomic E-state index is 13.0. The first-order chi connectivity index (χ1) is 12.9. The molecule has 152 valence electrons. The van der Waals surface area contributed by atoms with E-state index in [0.717, 1.165) is 25.7 Å². The minimum atomic E-state index is -3.85. The number of hydrogen-bond acceptors (Lipinski definition) is 5. The Hall–Kier alpha value is -1.15. The van der Waals surface area contributed by atoms with Gasteiger partial charge in [0.25, 0.3) is 0 Å². The molecule has 1 aliphatic heterocycles. The third-order valence-electron chi connectivity index (χ3n) is 4.57. The number of nitrogens with zero attached hydrogens (tertiary/aromatic N) is 1. The van der Waals surface area contributed by atoms with Crippen molar-refractivity contribution in [3.05, 3.63) is 29.3 Å². The van der Waals surface area contributed by atoms with E-state index in [0.29, 0.717) is 18.1 Å². The number of hydrogen-bond donors (Lipinski definition) is 0. The lowest BCUT2D eigenvalue weighted by molar-refractivity contribution is -0.150. The summed E-state index contributed by atoms with van der Waals surface area (Å²) in [6, 6.07) is 4.96. The van der Waals surface area contributed by atoms with Gasteiger partial charge in [0, 0.05) is 18.2 Å². The smallest absolute Gasteiger partial charge is 0.327 e. The van der Waals surface area contributed by atoms with Crippen LogP contribution in [-0.4, -0.2) is 50.6 Å². The number of sulfonamides is 1. The van der Waals surface area contributed by atoms with Gasteiger partial charge in [-0.05, 0) is 44.0 Å². The maximum Gasteiger partial charge on any atom is 0.327 e. The maximum absolute atomic E-state index is 13.0. The van der Waals surface area contributed by atoms with Crippen molar-refractivity contribution in [2.24, 2.45) is 0 Å². The van der Waals surface area contributed by atoms with Crippen LogP contribution >= 0.6 is 11.6 Å². The monoisotopic (exact) mass is 417 g/mol. The van der Waals surface area contributed by atoms with Gasteiger partial charge in [-0.25, -0.2) is 8.42 Å². The van der Waals surface area contributed by atoms with Crippen LogP contribution in [0.1, 0.15) is 46.0 Å². The highest BCUT2D eigenvalue weighted by atomic mass is 35.5. The molecule has 8 heteroatoms. The fourth-order valence-electron chi connectivity index (χ4n) is 3.18. The molecule has 1 heterocycles. The molecular weight excluding hydrogens is 390 g/mol. The Kier molecular flexibility index (Phi) is 8.54. The summed E-state index contributed by atoms with van der Waals surface area (Å²) in [6.07, 6.45) is 4.18. The van der Waals surface area contributed by atoms with Crippen molar-refractivity contribution in [2.45, 2.75) is 63.0 Å². The molecule has 2 atom stereocenters. The van der Waals surface area contributed by atoms with Gasteiger partial charge in [0.15, 0.2) is 0 Å². The number of unbranched alkanes of at least 4 members (excludes halogenated alkanes) is 3. The van der Waals surface area contributed by atoms with Crippen LogP contribution in [0, 0.1) is 0 Å². The van der Waals surface area contributed by atoms with E-state index in [-0.39, 0.29) is 18.0 Å². The summed E-state index contributed by atoms with van der Waals surface area (Å²) in [4.78, 5) is 12.6. The van der Waals surface area contributed by atoms with Gasteiger partial charge in [-0.3, -0.25) is 4.79 Å². The van der Waals surface area contributed by atoms with Gasteiger partial charge in [-0.1, -0.05) is 37.8 Å². The molecule has 6 nitrogen and oxygen atoms in total. The number of rotatable bonds is 10. The minimum absolute atomic E-state index is 0.102. The Bertz CT molecular complexity index is 707. The second kappa shape index (κ2) is 10.4. The second-order valence-electron chi connectivity index (χ2n) is 6.53. The quantitative estimate of drug-likeness (QED) is 0.429. The largest absolute Gasteiger partial charge is 0.465 e. The lowest BCUT2D eigenvalue weighted by Crippen LogP contribution is -2.46. The number of carbonyl (C=O) groups is 1. The van der Waals surface area contributed by atoms with E-state index in [1.807, 2.05) is 0 Å². The Morgan fingerprint density at radius 3 is 2.52 bits per heavy atom. The summed E-state index contributed by atoms with van der Waals surface area (Å²) in [5, 5.41) is 0.450. The highest BCUT2D eigenvalue weighted by Crippen LogP contribution is 2.30. The third kappa shape index (κ3) is 5.67. The number of esters is 1. The van der Waals surface area contributed by atoms with E-state index < -0.39 is 28.1 Å². The second-order valence-corrected chi connectivity index (χ2v) is 8.85. The number of halogens is 1. The molecule has 2 rings (SSSR count). The summed E-state index contributed by atoms with van der Waals surface area (Å²) in [5.74, 6) is -0.564. The molecule has 0 aromatic heterocycles. The standard InChI is InChI=1S/C19H28ClNO5S/c1-3-5-6-7-14-26-17-12-13-21(18(17)19(22)25-4-2)27(23,24)16-10-8-15(20)9-11-16/h8-11,17-18H,3-7,12-14H2,1-2H3/t17-,18+/m0/s1. The van der Waals surface area contributed by atoms with Gasteiger partial charge in [0.05, 0.1) is 17.6 Å². The molecule has 0 bridgehead atoms. The summed E-state index contributed by atoms with van der Waals surface area (Å²) in [6.45, 7) is 4.75. The molecule has 0 radical (unpaired) electrons. The molecular formula is C19H28ClNO5S. The Labute approximate surface area is 166 Å². The molecule has 1 aromatic rings. The highest BCUT2D eigenvalue weighted by molar-refractivity contribution is 7.89. The van der Waals surface area contributed by atoms with E-state index in [1.54, 1.807) is 6.92 Å². The zero-order chi connectivity index (χ0) is 19.9. The van der Waals surface area contributed by atoms with Gasteiger partial charge < -0.3 is 9.47 Å². The summed E-state index contributed by atoms with van der Waals surface area (Å²) in [5.41, 5.74) is 0. The van der Waals surface area contributed by atoms with Crippen molar-refractivity contribution in [3.8, 4) is 0 Å². The van der Waals surface area contributed by atoms with Crippen molar-refractivity contribution >= 4 is 27.6 Å². The van der Waals surface area contributed by atoms with Gasteiger partial charge >= 0.3 is 5.97 Å². The van der Waals surface area contributed by atoms with Crippen molar-refractivity contribution in [2.75, 3.05) is 19.8 Å². The van der Waals surface area contributed by atoms with Crippen LogP contribution in [0.2, 0.25) is 5.02 Å². The van der Waals surface area contributed by atoms with Crippen LogP contribution < -0.4 is 0 Å². The fourth-order valence-corrected chi connectivity index (χ4v) is 4.93. The highest BCUT2D eigenvalue weighted by Gasteiger charge is 2.47. The van der Waals surface area contributed by atoms with Crippen LogP contribution in [0.5, 0.6) is 0 Å². The van der Waals surface area contributed by atoms with Crippen molar-refractivity contribution in [1.29, 1.82) is 0 Å². The lowest BCUT2D eigenvalue weighted by Gasteiger charge is -2.26. The molecule has 0 saturated carbocycles. The molecule has 1 fully saturated rings. The molecule has 0 amide bonds. The number of carbonyl (C=O) groups excluding carboxylic acids is 1. The average Bonchev–Trinajstić information content (AvgIpc) is 3.07. The first-order valence-electron chi connectivity index (χ1n) is 9.47. The summed E-state index contributed by atoms with van der Waals surface area (Å²) in [7, 11) is -3.85. The normalized spacial score (nSPS) is 20.7. The SMILES string of the molecule is CCCCCCO[C@H]1CCN(S(=O)(=O)c2ccc(Cl)cc2)[C@H]1C(=O)OCC. The zero-order valence-corrected chi connectivity index (χ0v) is 17.5. The van der Waals surface area contributed by atoms with Crippen molar-refractivity contribution in [3.63, 3.8) is 0 Å². The van der Waals surface area contributed by atoms with Crippen LogP contribution in [0.25, 0.3) is 0 Å². The molecule has 0 aliphatic carbocycles. The lowest BCUT2D eigenvalue weighted by atomic mass is 10.1. The van der Waals surface area contributed by atoms with Gasteiger partial charge in [-0.2, -0.15) is 4.31 Å². The predicted molar refractivity (Wildman–Crippen MR) is 104 cm³/mol. The summed E-state index contributed by atoms with van der Waals surface area (Å²) >= 11 is 5.86.